The normalized spacial score (nSPS) is 20.6. The van der Waals surface area contributed by atoms with Gasteiger partial charge in [0.2, 0.25) is 0 Å². The molecule has 0 aromatic heterocycles. The van der Waals surface area contributed by atoms with Crippen molar-refractivity contribution in [3.63, 3.8) is 0 Å². The molecule has 1 N–H and O–H groups in total. The van der Waals surface area contributed by atoms with Gasteiger partial charge in [0.1, 0.15) is 4.83 Å². The molecule has 0 aliphatic heterocycles. The predicted molar refractivity (Wildman–Crippen MR) is 46.9 cm³/mol. The first-order chi connectivity index (χ1) is 5.22. The highest BCUT2D eigenvalue weighted by Gasteiger charge is 2.19. The molecular formula is C8H11BrO2. The summed E-state index contributed by atoms with van der Waals surface area (Å²) in [5.74, 6) is -0.779. The second kappa shape index (κ2) is 3.90. The van der Waals surface area contributed by atoms with Crippen LogP contribution in [0.25, 0.3) is 0 Å². The molecule has 0 heterocycles. The Labute approximate surface area is 74.4 Å². The van der Waals surface area contributed by atoms with E-state index >= 15 is 0 Å². The fourth-order valence-electron chi connectivity index (χ4n) is 1.25. The molecule has 0 saturated carbocycles. The Balaban J connectivity index is 2.58. The molecule has 0 spiro atoms. The number of carboxylic acids is 1. The lowest BCUT2D eigenvalue weighted by atomic mass is 9.97. The minimum atomic E-state index is -0.779. The Morgan fingerprint density at radius 3 is 2.82 bits per heavy atom. The third-order valence-corrected chi connectivity index (χ3v) is 2.85. The zero-order chi connectivity index (χ0) is 8.27. The first-order valence-electron chi connectivity index (χ1n) is 3.77. The Morgan fingerprint density at radius 1 is 1.64 bits per heavy atom. The summed E-state index contributed by atoms with van der Waals surface area (Å²) in [6.07, 6.45) is 6.33. The summed E-state index contributed by atoms with van der Waals surface area (Å²) in [5.41, 5.74) is 1.03. The van der Waals surface area contributed by atoms with Crippen LogP contribution in [0.5, 0.6) is 0 Å². The van der Waals surface area contributed by atoms with E-state index in [0.717, 1.165) is 24.8 Å². The number of allylic oxidation sites excluding steroid dienone is 1. The molecule has 0 fully saturated rings. The van der Waals surface area contributed by atoms with Crippen molar-refractivity contribution < 1.29 is 9.90 Å². The monoisotopic (exact) mass is 218 g/mol. The summed E-state index contributed by atoms with van der Waals surface area (Å²) in [6.45, 7) is 0. The largest absolute Gasteiger partial charge is 0.480 e. The number of aliphatic carboxylic acids is 1. The SMILES string of the molecule is O=C(O)C(Br)C1=CCCCC1. The van der Waals surface area contributed by atoms with E-state index in [2.05, 4.69) is 15.9 Å². The average molecular weight is 219 g/mol. The standard InChI is InChI=1S/C8H11BrO2/c9-7(8(10)11)6-4-2-1-3-5-6/h4,7H,1-3,5H2,(H,10,11). The Hall–Kier alpha value is -0.310. The molecule has 3 heteroatoms. The number of hydrogen-bond donors (Lipinski definition) is 1. The number of hydrogen-bond acceptors (Lipinski definition) is 1. The van der Waals surface area contributed by atoms with Gasteiger partial charge in [0.25, 0.3) is 0 Å². The molecule has 1 aliphatic carbocycles. The van der Waals surface area contributed by atoms with Crippen LogP contribution in [0.15, 0.2) is 11.6 Å². The minimum Gasteiger partial charge on any atom is -0.480 e. The van der Waals surface area contributed by atoms with Gasteiger partial charge in [-0.2, -0.15) is 0 Å². The van der Waals surface area contributed by atoms with Crippen molar-refractivity contribution in [3.05, 3.63) is 11.6 Å². The van der Waals surface area contributed by atoms with Gasteiger partial charge in [-0.1, -0.05) is 22.0 Å². The highest BCUT2D eigenvalue weighted by molar-refractivity contribution is 9.10. The number of alkyl halides is 1. The molecule has 1 unspecified atom stereocenters. The molecule has 0 aromatic rings. The van der Waals surface area contributed by atoms with Crippen molar-refractivity contribution in [1.29, 1.82) is 0 Å². The molecule has 0 bridgehead atoms. The topological polar surface area (TPSA) is 37.3 Å². The minimum absolute atomic E-state index is 0.456. The number of halogens is 1. The van der Waals surface area contributed by atoms with Crippen LogP contribution in [0, 0.1) is 0 Å². The first-order valence-corrected chi connectivity index (χ1v) is 4.69. The number of carbonyl (C=O) groups is 1. The summed E-state index contributed by atoms with van der Waals surface area (Å²) in [7, 11) is 0. The van der Waals surface area contributed by atoms with Crippen LogP contribution < -0.4 is 0 Å². The third-order valence-electron chi connectivity index (χ3n) is 1.87. The van der Waals surface area contributed by atoms with Crippen molar-refractivity contribution in [1.82, 2.24) is 0 Å². The third kappa shape index (κ3) is 2.33. The summed E-state index contributed by atoms with van der Waals surface area (Å²) < 4.78 is 0. The maximum atomic E-state index is 10.5. The van der Waals surface area contributed by atoms with E-state index in [-0.39, 0.29) is 0 Å². The zero-order valence-corrected chi connectivity index (χ0v) is 7.80. The van der Waals surface area contributed by atoms with E-state index < -0.39 is 10.8 Å². The quantitative estimate of drug-likeness (QED) is 0.571. The van der Waals surface area contributed by atoms with Crippen LogP contribution >= 0.6 is 15.9 Å². The fraction of sp³-hybridized carbons (Fsp3) is 0.625. The lowest BCUT2D eigenvalue weighted by Crippen LogP contribution is -2.16. The molecule has 1 atom stereocenters. The molecule has 0 aromatic carbocycles. The van der Waals surface area contributed by atoms with E-state index in [1.807, 2.05) is 6.08 Å². The zero-order valence-electron chi connectivity index (χ0n) is 6.22. The maximum Gasteiger partial charge on any atom is 0.321 e. The van der Waals surface area contributed by atoms with E-state index in [0.29, 0.717) is 0 Å². The van der Waals surface area contributed by atoms with Gasteiger partial charge in [-0.05, 0) is 31.3 Å². The van der Waals surface area contributed by atoms with Gasteiger partial charge in [-0.25, -0.2) is 0 Å². The maximum absolute atomic E-state index is 10.5. The molecule has 1 aliphatic rings. The summed E-state index contributed by atoms with van der Waals surface area (Å²) in [6, 6.07) is 0. The highest BCUT2D eigenvalue weighted by Crippen LogP contribution is 2.24. The van der Waals surface area contributed by atoms with E-state index in [9.17, 15) is 4.79 Å². The van der Waals surface area contributed by atoms with Crippen LogP contribution in [0.3, 0.4) is 0 Å². The molecule has 0 radical (unpaired) electrons. The average Bonchev–Trinajstić information content (AvgIpc) is 2.05. The lowest BCUT2D eigenvalue weighted by molar-refractivity contribution is -0.135. The van der Waals surface area contributed by atoms with Crippen LogP contribution in [0.2, 0.25) is 0 Å². The Kier molecular flexibility index (Phi) is 3.12. The molecule has 1 rings (SSSR count). The molecule has 0 saturated heterocycles. The van der Waals surface area contributed by atoms with Crippen LogP contribution in [-0.4, -0.2) is 15.9 Å². The fourth-order valence-corrected chi connectivity index (χ4v) is 1.67. The molecule has 11 heavy (non-hydrogen) atoms. The Morgan fingerprint density at radius 2 is 2.36 bits per heavy atom. The van der Waals surface area contributed by atoms with Gasteiger partial charge in [-0.3, -0.25) is 4.79 Å². The molecular weight excluding hydrogens is 208 g/mol. The van der Waals surface area contributed by atoms with Gasteiger partial charge in [0.05, 0.1) is 0 Å². The van der Waals surface area contributed by atoms with Gasteiger partial charge in [-0.15, -0.1) is 0 Å². The Bertz CT molecular complexity index is 187. The van der Waals surface area contributed by atoms with Crippen LogP contribution in [0.1, 0.15) is 25.7 Å². The van der Waals surface area contributed by atoms with Gasteiger partial charge >= 0.3 is 5.97 Å². The van der Waals surface area contributed by atoms with E-state index in [1.54, 1.807) is 0 Å². The van der Waals surface area contributed by atoms with Crippen molar-refractivity contribution in [2.75, 3.05) is 0 Å². The van der Waals surface area contributed by atoms with E-state index in [1.165, 1.54) is 6.42 Å². The summed E-state index contributed by atoms with van der Waals surface area (Å²) in [5, 5.41) is 8.65. The van der Waals surface area contributed by atoms with Crippen LogP contribution in [0.4, 0.5) is 0 Å². The number of rotatable bonds is 2. The van der Waals surface area contributed by atoms with Crippen molar-refractivity contribution in [2.45, 2.75) is 30.5 Å². The molecule has 0 amide bonds. The first kappa shape index (κ1) is 8.78. The molecule has 2 nitrogen and oxygen atoms in total. The smallest absolute Gasteiger partial charge is 0.321 e. The predicted octanol–water partition coefficient (Wildman–Crippen LogP) is 2.33. The lowest BCUT2D eigenvalue weighted by Gasteiger charge is -2.14. The number of carboxylic acid groups (broad SMARTS) is 1. The van der Waals surface area contributed by atoms with Gasteiger partial charge in [0, 0.05) is 0 Å². The summed E-state index contributed by atoms with van der Waals surface area (Å²) in [4.78, 5) is 10.1. The summed E-state index contributed by atoms with van der Waals surface area (Å²) >= 11 is 3.14. The van der Waals surface area contributed by atoms with Crippen molar-refractivity contribution >= 4 is 21.9 Å². The second-order valence-corrected chi connectivity index (χ2v) is 3.64. The molecule has 62 valence electrons. The van der Waals surface area contributed by atoms with Gasteiger partial charge in [0.15, 0.2) is 0 Å². The van der Waals surface area contributed by atoms with Crippen LogP contribution in [-0.2, 0) is 4.79 Å². The second-order valence-electron chi connectivity index (χ2n) is 2.73. The van der Waals surface area contributed by atoms with Crippen molar-refractivity contribution in [3.8, 4) is 0 Å². The highest BCUT2D eigenvalue weighted by atomic mass is 79.9. The van der Waals surface area contributed by atoms with Crippen molar-refractivity contribution in [2.24, 2.45) is 0 Å². The van der Waals surface area contributed by atoms with Gasteiger partial charge < -0.3 is 5.11 Å². The van der Waals surface area contributed by atoms with E-state index in [4.69, 9.17) is 5.11 Å².